The summed E-state index contributed by atoms with van der Waals surface area (Å²) in [5, 5.41) is 11.9. The van der Waals surface area contributed by atoms with E-state index in [2.05, 4.69) is 15.2 Å². The van der Waals surface area contributed by atoms with Gasteiger partial charge in [0.2, 0.25) is 5.91 Å². The second-order valence-corrected chi connectivity index (χ2v) is 9.44. The molecule has 1 aliphatic heterocycles. The van der Waals surface area contributed by atoms with Crippen LogP contribution in [0.4, 0.5) is 4.39 Å². The molecule has 170 valence electrons. The van der Waals surface area contributed by atoms with E-state index in [1.54, 1.807) is 13.1 Å². The maximum Gasteiger partial charge on any atom is 0.223 e. The summed E-state index contributed by atoms with van der Waals surface area (Å²) in [5.74, 6) is -0.914. The average Bonchev–Trinajstić information content (AvgIpc) is 2.97. The summed E-state index contributed by atoms with van der Waals surface area (Å²) >= 11 is 0. The van der Waals surface area contributed by atoms with Crippen molar-refractivity contribution in [2.45, 2.75) is 46.7 Å². The van der Waals surface area contributed by atoms with E-state index in [1.165, 1.54) is 12.1 Å². The van der Waals surface area contributed by atoms with E-state index in [4.69, 9.17) is 0 Å². The molecule has 2 heterocycles. The highest BCUT2D eigenvalue weighted by Gasteiger charge is 2.35. The van der Waals surface area contributed by atoms with Gasteiger partial charge < -0.3 is 14.8 Å². The Morgan fingerprint density at radius 2 is 2.03 bits per heavy atom. The number of rotatable bonds is 5. The number of halogens is 1. The molecule has 0 spiro atoms. The normalized spacial score (nSPS) is 15.4. The molecule has 0 unspecified atom stereocenters. The first-order valence-corrected chi connectivity index (χ1v) is 10.8. The highest BCUT2D eigenvalue weighted by atomic mass is 19.1. The third-order valence-electron chi connectivity index (χ3n) is 6.02. The molecule has 1 aliphatic rings. The maximum absolute atomic E-state index is 13.9. The molecule has 1 aromatic heterocycles. The summed E-state index contributed by atoms with van der Waals surface area (Å²) in [6.07, 6.45) is 0.916. The second-order valence-electron chi connectivity index (χ2n) is 9.44. The number of aromatic nitrogens is 2. The van der Waals surface area contributed by atoms with Crippen molar-refractivity contribution in [3.05, 3.63) is 41.0 Å². The summed E-state index contributed by atoms with van der Waals surface area (Å²) in [5.41, 5.74) is 1.26. The van der Waals surface area contributed by atoms with Crippen molar-refractivity contribution >= 4 is 11.7 Å². The molecule has 2 aromatic rings. The van der Waals surface area contributed by atoms with Gasteiger partial charge in [-0.2, -0.15) is 5.26 Å². The number of fused-ring (bicyclic) bond motifs is 1. The number of amides is 1. The van der Waals surface area contributed by atoms with Crippen molar-refractivity contribution in [3.63, 3.8) is 0 Å². The van der Waals surface area contributed by atoms with Gasteiger partial charge >= 0.3 is 0 Å². The zero-order valence-corrected chi connectivity index (χ0v) is 19.3. The molecule has 0 saturated carbocycles. The van der Waals surface area contributed by atoms with Gasteiger partial charge in [0.1, 0.15) is 23.4 Å². The number of benzene rings is 1. The van der Waals surface area contributed by atoms with Gasteiger partial charge in [-0.1, -0.05) is 20.8 Å². The lowest BCUT2D eigenvalue weighted by atomic mass is 9.77. The standard InChI is InChI=1S/C24H30FN5O2/c1-24(2,3)17(23(32)27-4)12-20(31)21-19-14-29(5)9-6-10-30(19)22(28-21)15-7-8-18(25)16(11-15)13-26/h7-8,11,17H,6,9-10,12,14H2,1-5H3,(H,27,32)/t17-/m1/s1. The van der Waals surface area contributed by atoms with Gasteiger partial charge in [-0.3, -0.25) is 9.59 Å². The molecule has 1 aromatic carbocycles. The predicted octanol–water partition coefficient (Wildman–Crippen LogP) is 3.38. The number of hydrogen-bond donors (Lipinski definition) is 1. The van der Waals surface area contributed by atoms with E-state index in [1.807, 2.05) is 38.5 Å². The molecule has 8 heteroatoms. The molecular formula is C24H30FN5O2. The van der Waals surface area contributed by atoms with Gasteiger partial charge in [-0.25, -0.2) is 9.37 Å². The lowest BCUT2D eigenvalue weighted by molar-refractivity contribution is -0.127. The van der Waals surface area contributed by atoms with E-state index in [0.717, 1.165) is 18.7 Å². The average molecular weight is 440 g/mol. The summed E-state index contributed by atoms with van der Waals surface area (Å²) in [6, 6.07) is 6.16. The van der Waals surface area contributed by atoms with Gasteiger partial charge in [0, 0.05) is 32.1 Å². The van der Waals surface area contributed by atoms with Crippen LogP contribution in [-0.4, -0.2) is 46.8 Å². The third-order valence-corrected chi connectivity index (χ3v) is 6.02. The molecule has 1 atom stereocenters. The molecule has 0 bridgehead atoms. The molecule has 0 aliphatic carbocycles. The van der Waals surface area contributed by atoms with E-state index in [-0.39, 0.29) is 23.7 Å². The smallest absolute Gasteiger partial charge is 0.223 e. The Balaban J connectivity index is 2.09. The Labute approximate surface area is 188 Å². The zero-order chi connectivity index (χ0) is 23.6. The van der Waals surface area contributed by atoms with Crippen molar-refractivity contribution in [1.29, 1.82) is 5.26 Å². The highest BCUT2D eigenvalue weighted by molar-refractivity contribution is 5.98. The molecular weight excluding hydrogens is 409 g/mol. The quantitative estimate of drug-likeness (QED) is 0.722. The van der Waals surface area contributed by atoms with E-state index in [0.29, 0.717) is 30.2 Å². The molecule has 1 N–H and O–H groups in total. The van der Waals surface area contributed by atoms with Crippen molar-refractivity contribution < 1.29 is 14.0 Å². The van der Waals surface area contributed by atoms with Crippen LogP contribution in [-0.2, 0) is 17.9 Å². The predicted molar refractivity (Wildman–Crippen MR) is 119 cm³/mol. The molecule has 0 fully saturated rings. The van der Waals surface area contributed by atoms with Crippen molar-refractivity contribution in [3.8, 4) is 17.5 Å². The van der Waals surface area contributed by atoms with Crippen LogP contribution in [0.2, 0.25) is 0 Å². The topological polar surface area (TPSA) is 91.0 Å². The second kappa shape index (κ2) is 9.21. The summed E-state index contributed by atoms with van der Waals surface area (Å²) < 4.78 is 15.9. The molecule has 7 nitrogen and oxygen atoms in total. The van der Waals surface area contributed by atoms with E-state index < -0.39 is 17.2 Å². The van der Waals surface area contributed by atoms with Gasteiger partial charge in [0.15, 0.2) is 5.78 Å². The Morgan fingerprint density at radius 1 is 1.31 bits per heavy atom. The highest BCUT2D eigenvalue weighted by Crippen LogP contribution is 2.32. The number of ketones is 1. The Bertz CT molecular complexity index is 1080. The van der Waals surface area contributed by atoms with Gasteiger partial charge in [-0.05, 0) is 43.6 Å². The minimum Gasteiger partial charge on any atom is -0.359 e. The Hall–Kier alpha value is -3.05. The maximum atomic E-state index is 13.9. The lowest BCUT2D eigenvalue weighted by Crippen LogP contribution is -2.37. The number of carbonyl (C=O) groups excluding carboxylic acids is 2. The fourth-order valence-corrected chi connectivity index (χ4v) is 4.16. The summed E-state index contributed by atoms with van der Waals surface area (Å²) in [6.45, 7) is 7.89. The third kappa shape index (κ3) is 4.73. The zero-order valence-electron chi connectivity index (χ0n) is 19.3. The van der Waals surface area contributed by atoms with E-state index in [9.17, 15) is 19.2 Å². The first-order chi connectivity index (χ1) is 15.1. The van der Waals surface area contributed by atoms with Crippen LogP contribution in [0.25, 0.3) is 11.4 Å². The summed E-state index contributed by atoms with van der Waals surface area (Å²) in [7, 11) is 3.56. The van der Waals surface area contributed by atoms with Gasteiger partial charge in [0.05, 0.1) is 17.2 Å². The monoisotopic (exact) mass is 439 g/mol. The van der Waals surface area contributed by atoms with Crippen molar-refractivity contribution in [2.24, 2.45) is 11.3 Å². The fourth-order valence-electron chi connectivity index (χ4n) is 4.16. The molecule has 3 rings (SSSR count). The van der Waals surface area contributed by atoms with Crippen LogP contribution in [0.15, 0.2) is 18.2 Å². The van der Waals surface area contributed by atoms with Crippen LogP contribution >= 0.6 is 0 Å². The molecule has 0 radical (unpaired) electrons. The first-order valence-electron chi connectivity index (χ1n) is 10.8. The van der Waals surface area contributed by atoms with Crippen LogP contribution in [0.1, 0.15) is 55.4 Å². The number of Topliss-reactive ketones (excluding diaryl/α,β-unsaturated/α-hetero) is 1. The van der Waals surface area contributed by atoms with Gasteiger partial charge in [0.25, 0.3) is 0 Å². The molecule has 0 saturated heterocycles. The fraction of sp³-hybridized carbons (Fsp3) is 0.500. The molecule has 32 heavy (non-hydrogen) atoms. The first kappa shape index (κ1) is 23.6. The Kier molecular flexibility index (Phi) is 6.79. The van der Waals surface area contributed by atoms with Crippen LogP contribution < -0.4 is 5.32 Å². The number of nitriles is 1. The number of hydrogen-bond acceptors (Lipinski definition) is 5. The molecule has 1 amide bonds. The summed E-state index contributed by atoms with van der Waals surface area (Å²) in [4.78, 5) is 32.8. The number of carbonyl (C=O) groups is 2. The number of nitrogens with one attached hydrogen (secondary N) is 1. The minimum atomic E-state index is -0.589. The van der Waals surface area contributed by atoms with Gasteiger partial charge in [-0.15, -0.1) is 0 Å². The largest absolute Gasteiger partial charge is 0.359 e. The van der Waals surface area contributed by atoms with Crippen LogP contribution in [0.5, 0.6) is 0 Å². The number of imidazole rings is 1. The van der Waals surface area contributed by atoms with Crippen LogP contribution in [0.3, 0.4) is 0 Å². The lowest BCUT2D eigenvalue weighted by Gasteiger charge is -2.28. The Morgan fingerprint density at radius 3 is 2.66 bits per heavy atom. The van der Waals surface area contributed by atoms with Crippen LogP contribution in [0, 0.1) is 28.5 Å². The SMILES string of the molecule is CNC(=O)[C@@H](CC(=O)c1nc(-c2ccc(F)c(C#N)c2)n2c1CN(C)CCC2)C(C)(C)C. The van der Waals surface area contributed by atoms with Crippen molar-refractivity contribution in [2.75, 3.05) is 20.6 Å². The number of nitrogens with zero attached hydrogens (tertiary/aromatic N) is 4. The van der Waals surface area contributed by atoms with Crippen molar-refractivity contribution in [1.82, 2.24) is 19.8 Å². The van der Waals surface area contributed by atoms with E-state index >= 15 is 0 Å². The minimum absolute atomic E-state index is 0.0448.